The molecule has 1 atom stereocenters. The molecule has 4 N–H and O–H groups in total. The van der Waals surface area contributed by atoms with Crippen molar-refractivity contribution < 1.29 is 10.2 Å². The van der Waals surface area contributed by atoms with Gasteiger partial charge in [-0.25, -0.2) is 4.98 Å². The fourth-order valence-corrected chi connectivity index (χ4v) is 3.86. The Morgan fingerprint density at radius 1 is 1.06 bits per heavy atom. The van der Waals surface area contributed by atoms with Gasteiger partial charge in [-0.05, 0) is 47.4 Å². The van der Waals surface area contributed by atoms with Crippen LogP contribution in [0.3, 0.4) is 0 Å². The highest BCUT2D eigenvalue weighted by Crippen LogP contribution is 2.25. The summed E-state index contributed by atoms with van der Waals surface area (Å²) in [6.07, 6.45) is 0.879. The van der Waals surface area contributed by atoms with Gasteiger partial charge >= 0.3 is 0 Å². The summed E-state index contributed by atoms with van der Waals surface area (Å²) < 4.78 is 1.98. The van der Waals surface area contributed by atoms with Gasteiger partial charge in [0.15, 0.2) is 17.0 Å². The highest BCUT2D eigenvalue weighted by atomic mass is 32.1. The second kappa shape index (κ2) is 9.42. The van der Waals surface area contributed by atoms with E-state index in [1.54, 1.807) is 17.7 Å². The Morgan fingerprint density at radius 3 is 2.55 bits per heavy atom. The first kappa shape index (κ1) is 21.2. The second-order valence-electron chi connectivity index (χ2n) is 7.59. The number of aliphatic hydroxyl groups excluding tert-OH is 2. The predicted octanol–water partition coefficient (Wildman–Crippen LogP) is 3.51. The molecular formula is C22H26N6O2S. The van der Waals surface area contributed by atoms with E-state index in [1.807, 2.05) is 4.57 Å². The summed E-state index contributed by atoms with van der Waals surface area (Å²) in [5.41, 5.74) is 4.94. The zero-order chi connectivity index (χ0) is 21.8. The van der Waals surface area contributed by atoms with Crippen molar-refractivity contribution in [3.05, 3.63) is 53.0 Å². The minimum absolute atomic E-state index is 0.154. The average molecular weight is 439 g/mol. The van der Waals surface area contributed by atoms with Crippen molar-refractivity contribution >= 4 is 34.3 Å². The van der Waals surface area contributed by atoms with E-state index in [0.717, 1.165) is 5.56 Å². The van der Waals surface area contributed by atoms with Crippen LogP contribution in [0.4, 0.5) is 11.8 Å². The highest BCUT2D eigenvalue weighted by Gasteiger charge is 2.15. The molecule has 0 fully saturated rings. The van der Waals surface area contributed by atoms with Crippen LogP contribution in [-0.2, 0) is 6.54 Å². The van der Waals surface area contributed by atoms with Gasteiger partial charge in [0.25, 0.3) is 0 Å². The zero-order valence-corrected chi connectivity index (χ0v) is 18.3. The molecule has 3 heterocycles. The predicted molar refractivity (Wildman–Crippen MR) is 124 cm³/mol. The molecule has 4 rings (SSSR count). The minimum atomic E-state index is -0.882. The topological polar surface area (TPSA) is 108 Å². The van der Waals surface area contributed by atoms with Crippen molar-refractivity contribution in [1.29, 1.82) is 0 Å². The van der Waals surface area contributed by atoms with Crippen LogP contribution in [0.25, 0.3) is 22.3 Å². The number of aliphatic hydroxyl groups is 2. The van der Waals surface area contributed by atoms with Gasteiger partial charge in [0.05, 0.1) is 19.0 Å². The molecule has 4 aromatic rings. The van der Waals surface area contributed by atoms with Crippen molar-refractivity contribution in [1.82, 2.24) is 19.5 Å². The van der Waals surface area contributed by atoms with E-state index in [0.29, 0.717) is 29.5 Å². The number of imidazole rings is 1. The van der Waals surface area contributed by atoms with Crippen molar-refractivity contribution in [2.45, 2.75) is 32.5 Å². The first-order chi connectivity index (χ1) is 15.0. The molecule has 0 aliphatic carbocycles. The number of anilines is 2. The van der Waals surface area contributed by atoms with E-state index in [-0.39, 0.29) is 19.2 Å². The molecule has 0 bridgehead atoms. The van der Waals surface area contributed by atoms with Crippen LogP contribution in [0.2, 0.25) is 0 Å². The molecule has 3 aromatic heterocycles. The number of hydrogen-bond acceptors (Lipinski definition) is 8. The van der Waals surface area contributed by atoms with Crippen molar-refractivity contribution in [2.24, 2.45) is 0 Å². The van der Waals surface area contributed by atoms with Crippen LogP contribution in [-0.4, -0.2) is 49.0 Å². The number of nitrogens with one attached hydrogen (secondary N) is 2. The quantitative estimate of drug-likeness (QED) is 0.317. The minimum Gasteiger partial charge on any atom is -0.394 e. The number of hydrogen-bond donors (Lipinski definition) is 4. The summed E-state index contributed by atoms with van der Waals surface area (Å²) >= 11 is 1.69. The number of thiophene rings is 1. The molecule has 0 spiro atoms. The molecule has 1 aromatic carbocycles. The third-order valence-electron chi connectivity index (χ3n) is 4.95. The first-order valence-electron chi connectivity index (χ1n) is 10.2. The van der Waals surface area contributed by atoms with E-state index in [1.165, 1.54) is 11.1 Å². The molecule has 8 nitrogen and oxygen atoms in total. The Balaban J connectivity index is 1.56. The lowest BCUT2D eigenvalue weighted by Crippen LogP contribution is -2.24. The van der Waals surface area contributed by atoms with E-state index in [2.05, 4.69) is 80.5 Å². The molecule has 162 valence electrons. The van der Waals surface area contributed by atoms with E-state index < -0.39 is 6.10 Å². The lowest BCUT2D eigenvalue weighted by molar-refractivity contribution is 0.105. The van der Waals surface area contributed by atoms with Gasteiger partial charge < -0.3 is 25.4 Å². The van der Waals surface area contributed by atoms with Gasteiger partial charge in [-0.1, -0.05) is 24.3 Å². The Bertz CT molecular complexity index is 1130. The molecule has 0 aliphatic rings. The average Bonchev–Trinajstić information content (AvgIpc) is 3.46. The molecule has 0 aliphatic heterocycles. The van der Waals surface area contributed by atoms with Gasteiger partial charge in [0, 0.05) is 19.1 Å². The van der Waals surface area contributed by atoms with Crippen LogP contribution in [0, 0.1) is 0 Å². The molecule has 0 amide bonds. The Kier molecular flexibility index (Phi) is 6.45. The standard InChI is InChI=1S/C22H26N6O2S/c1-14(2)28-13-25-19-20(26-22(27-21(19)28)24-10-18(30)11-29)23-9-15-3-5-16(6-4-15)17-7-8-31-12-17/h3-8,12-14,18,29-30H,9-11H2,1-2H3,(H2,23,24,26,27)/t18-/m0/s1. The van der Waals surface area contributed by atoms with Crippen molar-refractivity contribution in [3.8, 4) is 11.1 Å². The maximum absolute atomic E-state index is 9.65. The lowest BCUT2D eigenvalue weighted by Gasteiger charge is -2.13. The first-order valence-corrected chi connectivity index (χ1v) is 11.1. The highest BCUT2D eigenvalue weighted by molar-refractivity contribution is 7.08. The largest absolute Gasteiger partial charge is 0.394 e. The maximum atomic E-state index is 9.65. The maximum Gasteiger partial charge on any atom is 0.226 e. The lowest BCUT2D eigenvalue weighted by atomic mass is 10.1. The summed E-state index contributed by atoms with van der Waals surface area (Å²) in [7, 11) is 0. The van der Waals surface area contributed by atoms with Crippen LogP contribution in [0.15, 0.2) is 47.4 Å². The van der Waals surface area contributed by atoms with Gasteiger partial charge in [0.1, 0.15) is 0 Å². The van der Waals surface area contributed by atoms with Crippen molar-refractivity contribution in [2.75, 3.05) is 23.8 Å². The third kappa shape index (κ3) is 4.84. The summed E-state index contributed by atoms with van der Waals surface area (Å²) in [6, 6.07) is 10.7. The van der Waals surface area contributed by atoms with Gasteiger partial charge in [-0.2, -0.15) is 21.3 Å². The zero-order valence-electron chi connectivity index (χ0n) is 17.5. The molecule has 0 saturated carbocycles. The Morgan fingerprint density at radius 2 is 1.87 bits per heavy atom. The summed E-state index contributed by atoms with van der Waals surface area (Å²) in [4.78, 5) is 13.6. The van der Waals surface area contributed by atoms with Crippen molar-refractivity contribution in [3.63, 3.8) is 0 Å². The number of aromatic nitrogens is 4. The van der Waals surface area contributed by atoms with E-state index in [9.17, 15) is 5.11 Å². The fraction of sp³-hybridized carbons (Fsp3) is 0.318. The summed E-state index contributed by atoms with van der Waals surface area (Å²) in [6.45, 7) is 4.54. The van der Waals surface area contributed by atoms with E-state index >= 15 is 0 Å². The van der Waals surface area contributed by atoms with Crippen LogP contribution in [0.1, 0.15) is 25.5 Å². The number of benzene rings is 1. The molecule has 9 heteroatoms. The molecule has 31 heavy (non-hydrogen) atoms. The molecule has 0 radical (unpaired) electrons. The number of rotatable bonds is 9. The number of fused-ring (bicyclic) bond motifs is 1. The van der Waals surface area contributed by atoms with Gasteiger partial charge in [-0.15, -0.1) is 0 Å². The SMILES string of the molecule is CC(C)n1cnc2c(NCc3ccc(-c4ccsc4)cc3)nc(NC[C@H](O)CO)nc21. The van der Waals surface area contributed by atoms with E-state index in [4.69, 9.17) is 5.11 Å². The summed E-state index contributed by atoms with van der Waals surface area (Å²) in [5, 5.41) is 29.3. The van der Waals surface area contributed by atoms with Crippen LogP contribution >= 0.6 is 11.3 Å². The third-order valence-corrected chi connectivity index (χ3v) is 5.64. The normalized spacial score (nSPS) is 12.4. The summed E-state index contributed by atoms with van der Waals surface area (Å²) in [5.74, 6) is 0.991. The van der Waals surface area contributed by atoms with Gasteiger partial charge in [0.2, 0.25) is 5.95 Å². The van der Waals surface area contributed by atoms with Crippen LogP contribution < -0.4 is 10.6 Å². The van der Waals surface area contributed by atoms with Gasteiger partial charge in [-0.3, -0.25) is 0 Å². The van der Waals surface area contributed by atoms with Crippen LogP contribution in [0.5, 0.6) is 0 Å². The smallest absolute Gasteiger partial charge is 0.226 e. The Hall–Kier alpha value is -3.01. The molecular weight excluding hydrogens is 412 g/mol. The second-order valence-corrected chi connectivity index (χ2v) is 8.37. The monoisotopic (exact) mass is 438 g/mol. The fourth-order valence-electron chi connectivity index (χ4n) is 3.20. The Labute approximate surface area is 184 Å². The molecule has 0 saturated heterocycles. The number of nitrogens with zero attached hydrogens (tertiary/aromatic N) is 4. The molecule has 0 unspecified atom stereocenters.